The molecule has 0 fully saturated rings. The second-order valence-corrected chi connectivity index (χ2v) is 3.77. The van der Waals surface area contributed by atoms with E-state index in [-0.39, 0.29) is 0 Å². The number of anilines is 1. The van der Waals surface area contributed by atoms with E-state index in [0.29, 0.717) is 24.6 Å². The van der Waals surface area contributed by atoms with E-state index in [4.69, 9.17) is 15.2 Å². The van der Waals surface area contributed by atoms with Gasteiger partial charge in [-0.25, -0.2) is 4.98 Å². The fourth-order valence-electron chi connectivity index (χ4n) is 1.91. The topological polar surface area (TPSA) is 69.4 Å². The largest absolute Gasteiger partial charge is 0.493 e. The average molecular weight is 247 g/mol. The maximum Gasteiger partial charge on any atom is 0.168 e. The number of benzene rings is 1. The lowest BCUT2D eigenvalue weighted by molar-refractivity contribution is 0.358. The Hall–Kier alpha value is -2.01. The quantitative estimate of drug-likeness (QED) is 0.840. The molecule has 0 spiro atoms. The molecule has 1 heterocycles. The van der Waals surface area contributed by atoms with Crippen molar-refractivity contribution in [3.8, 4) is 11.5 Å². The van der Waals surface area contributed by atoms with E-state index in [0.717, 1.165) is 16.6 Å². The third-order valence-electron chi connectivity index (χ3n) is 2.72. The number of hydrogen-bond acceptors (Lipinski definition) is 5. The molecule has 0 atom stereocenters. The van der Waals surface area contributed by atoms with Gasteiger partial charge in [0.05, 0.1) is 14.2 Å². The van der Waals surface area contributed by atoms with Crippen LogP contribution in [0.3, 0.4) is 0 Å². The van der Waals surface area contributed by atoms with Crippen LogP contribution in [0.1, 0.15) is 0 Å². The highest BCUT2D eigenvalue weighted by atomic mass is 16.5. The number of aromatic nitrogens is 1. The van der Waals surface area contributed by atoms with Crippen LogP contribution in [0.15, 0.2) is 24.4 Å². The number of nitrogens with two attached hydrogens (primary N) is 1. The van der Waals surface area contributed by atoms with Crippen molar-refractivity contribution in [2.75, 3.05) is 32.6 Å². The van der Waals surface area contributed by atoms with E-state index in [1.54, 1.807) is 20.4 Å². The fraction of sp³-hybridized carbons (Fsp3) is 0.308. The van der Waals surface area contributed by atoms with Gasteiger partial charge in [-0.05, 0) is 18.2 Å². The smallest absolute Gasteiger partial charge is 0.168 e. The van der Waals surface area contributed by atoms with Crippen LogP contribution in [0.4, 0.5) is 5.82 Å². The zero-order valence-electron chi connectivity index (χ0n) is 10.6. The summed E-state index contributed by atoms with van der Waals surface area (Å²) in [6, 6.07) is 5.74. The molecule has 2 aromatic rings. The lowest BCUT2D eigenvalue weighted by Crippen LogP contribution is -2.14. The zero-order valence-corrected chi connectivity index (χ0v) is 10.6. The van der Waals surface area contributed by atoms with Gasteiger partial charge in [0, 0.05) is 30.1 Å². The summed E-state index contributed by atoms with van der Waals surface area (Å²) in [5, 5.41) is 5.15. The van der Waals surface area contributed by atoms with Crippen molar-refractivity contribution in [2.24, 2.45) is 5.73 Å². The number of rotatable bonds is 5. The molecule has 0 radical (unpaired) electrons. The molecule has 0 unspecified atom stereocenters. The molecule has 5 heteroatoms. The van der Waals surface area contributed by atoms with Gasteiger partial charge in [-0.2, -0.15) is 0 Å². The van der Waals surface area contributed by atoms with Crippen LogP contribution >= 0.6 is 0 Å². The highest BCUT2D eigenvalue weighted by Gasteiger charge is 2.11. The van der Waals surface area contributed by atoms with Crippen LogP contribution < -0.4 is 20.5 Å². The minimum absolute atomic E-state index is 0.561. The molecular formula is C13H17N3O2. The molecule has 1 aromatic heterocycles. The van der Waals surface area contributed by atoms with Gasteiger partial charge in [-0.15, -0.1) is 0 Å². The third-order valence-corrected chi connectivity index (χ3v) is 2.72. The molecule has 18 heavy (non-hydrogen) atoms. The lowest BCUT2D eigenvalue weighted by atomic mass is 10.1. The molecule has 2 rings (SSSR count). The number of hydrogen-bond donors (Lipinski definition) is 2. The van der Waals surface area contributed by atoms with Crippen LogP contribution in [0.2, 0.25) is 0 Å². The van der Waals surface area contributed by atoms with Gasteiger partial charge in [0.25, 0.3) is 0 Å². The molecule has 0 bridgehead atoms. The molecule has 96 valence electrons. The summed E-state index contributed by atoms with van der Waals surface area (Å²) < 4.78 is 10.7. The standard InChI is InChI=1S/C13H17N3O2/c1-17-11-4-3-10-9(12(11)18-2)5-7-15-13(10)16-8-6-14/h3-5,7H,6,8,14H2,1-2H3,(H,15,16). The second kappa shape index (κ2) is 5.55. The average Bonchev–Trinajstić information content (AvgIpc) is 2.43. The number of nitrogens with one attached hydrogen (secondary N) is 1. The van der Waals surface area contributed by atoms with E-state index in [2.05, 4.69) is 10.3 Å². The first-order chi connectivity index (χ1) is 8.81. The molecule has 0 aliphatic rings. The Bertz CT molecular complexity index is 543. The SMILES string of the molecule is COc1ccc2c(NCCN)nccc2c1OC. The summed E-state index contributed by atoms with van der Waals surface area (Å²) in [6.45, 7) is 1.24. The van der Waals surface area contributed by atoms with E-state index in [9.17, 15) is 0 Å². The van der Waals surface area contributed by atoms with Gasteiger partial charge < -0.3 is 20.5 Å². The van der Waals surface area contributed by atoms with Gasteiger partial charge in [0.15, 0.2) is 11.5 Å². The van der Waals surface area contributed by atoms with Crippen LogP contribution in [-0.4, -0.2) is 32.3 Å². The maximum absolute atomic E-state index is 5.49. The first-order valence-electron chi connectivity index (χ1n) is 5.75. The summed E-state index contributed by atoms with van der Waals surface area (Å²) in [4.78, 5) is 4.31. The molecule has 0 saturated carbocycles. The van der Waals surface area contributed by atoms with Crippen LogP contribution in [-0.2, 0) is 0 Å². The van der Waals surface area contributed by atoms with Gasteiger partial charge >= 0.3 is 0 Å². The van der Waals surface area contributed by atoms with Crippen molar-refractivity contribution in [2.45, 2.75) is 0 Å². The van der Waals surface area contributed by atoms with Crippen molar-refractivity contribution < 1.29 is 9.47 Å². The fourth-order valence-corrected chi connectivity index (χ4v) is 1.91. The Labute approximate surface area is 106 Å². The van der Waals surface area contributed by atoms with Gasteiger partial charge in [-0.1, -0.05) is 0 Å². The predicted molar refractivity (Wildman–Crippen MR) is 72.4 cm³/mol. The maximum atomic E-state index is 5.49. The van der Waals surface area contributed by atoms with E-state index < -0.39 is 0 Å². The van der Waals surface area contributed by atoms with Crippen LogP contribution in [0, 0.1) is 0 Å². The van der Waals surface area contributed by atoms with Crippen molar-refractivity contribution in [1.29, 1.82) is 0 Å². The number of methoxy groups -OCH3 is 2. The zero-order chi connectivity index (χ0) is 13.0. The summed E-state index contributed by atoms with van der Waals surface area (Å²) in [5.74, 6) is 2.23. The number of fused-ring (bicyclic) bond motifs is 1. The molecule has 1 aromatic carbocycles. The first kappa shape index (κ1) is 12.4. The van der Waals surface area contributed by atoms with Gasteiger partial charge in [0.2, 0.25) is 0 Å². The van der Waals surface area contributed by atoms with E-state index >= 15 is 0 Å². The first-order valence-corrected chi connectivity index (χ1v) is 5.75. The van der Waals surface area contributed by atoms with Crippen molar-refractivity contribution in [3.05, 3.63) is 24.4 Å². The molecule has 0 aliphatic carbocycles. The Morgan fingerprint density at radius 2 is 2.00 bits per heavy atom. The third kappa shape index (κ3) is 2.17. The molecule has 0 aliphatic heterocycles. The number of pyridine rings is 1. The molecule has 3 N–H and O–H groups in total. The molecule has 5 nitrogen and oxygen atoms in total. The highest BCUT2D eigenvalue weighted by Crippen LogP contribution is 2.37. The Kier molecular flexibility index (Phi) is 3.84. The van der Waals surface area contributed by atoms with Crippen molar-refractivity contribution in [1.82, 2.24) is 4.98 Å². The number of ether oxygens (including phenoxy) is 2. The minimum atomic E-state index is 0.561. The second-order valence-electron chi connectivity index (χ2n) is 3.77. The number of nitrogens with zero attached hydrogens (tertiary/aromatic N) is 1. The Morgan fingerprint density at radius 1 is 1.17 bits per heavy atom. The molecular weight excluding hydrogens is 230 g/mol. The summed E-state index contributed by atoms with van der Waals surface area (Å²) in [7, 11) is 3.25. The molecule has 0 saturated heterocycles. The Morgan fingerprint density at radius 3 is 2.67 bits per heavy atom. The minimum Gasteiger partial charge on any atom is -0.493 e. The summed E-state index contributed by atoms with van der Waals surface area (Å²) >= 11 is 0. The van der Waals surface area contributed by atoms with Gasteiger partial charge in [-0.3, -0.25) is 0 Å². The van der Waals surface area contributed by atoms with Crippen LogP contribution in [0.5, 0.6) is 11.5 Å². The predicted octanol–water partition coefficient (Wildman–Crippen LogP) is 1.62. The van der Waals surface area contributed by atoms with Crippen molar-refractivity contribution in [3.63, 3.8) is 0 Å². The van der Waals surface area contributed by atoms with Crippen molar-refractivity contribution >= 4 is 16.6 Å². The monoisotopic (exact) mass is 247 g/mol. The highest BCUT2D eigenvalue weighted by molar-refractivity contribution is 5.97. The normalized spacial score (nSPS) is 10.4. The Balaban J connectivity index is 2.57. The van der Waals surface area contributed by atoms with Crippen LogP contribution in [0.25, 0.3) is 10.8 Å². The van der Waals surface area contributed by atoms with E-state index in [1.165, 1.54) is 0 Å². The molecule has 0 amide bonds. The van der Waals surface area contributed by atoms with Gasteiger partial charge in [0.1, 0.15) is 5.82 Å². The van der Waals surface area contributed by atoms with E-state index in [1.807, 2.05) is 18.2 Å². The lowest BCUT2D eigenvalue weighted by Gasteiger charge is -2.13. The summed E-state index contributed by atoms with van der Waals surface area (Å²) in [5.41, 5.74) is 5.49. The summed E-state index contributed by atoms with van der Waals surface area (Å²) in [6.07, 6.45) is 1.74.